The van der Waals surface area contributed by atoms with Crippen molar-refractivity contribution in [2.45, 2.75) is 95.8 Å². The van der Waals surface area contributed by atoms with Gasteiger partial charge in [-0.25, -0.2) is 0 Å². The summed E-state index contributed by atoms with van der Waals surface area (Å²) < 4.78 is 6.52. The lowest BCUT2D eigenvalue weighted by molar-refractivity contribution is -0.0449. The van der Waals surface area contributed by atoms with Crippen LogP contribution in [0.25, 0.3) is 0 Å². The van der Waals surface area contributed by atoms with E-state index in [0.29, 0.717) is 11.7 Å². The first-order valence-electron chi connectivity index (χ1n) is 9.06. The molecule has 0 aromatic carbocycles. The highest BCUT2D eigenvalue weighted by Gasteiger charge is 2.42. The van der Waals surface area contributed by atoms with E-state index in [1.165, 1.54) is 70.8 Å². The van der Waals surface area contributed by atoms with Gasteiger partial charge in [-0.05, 0) is 69.7 Å². The van der Waals surface area contributed by atoms with E-state index in [2.05, 4.69) is 19.2 Å². The molecule has 2 unspecified atom stereocenters. The summed E-state index contributed by atoms with van der Waals surface area (Å²) in [4.78, 5) is 0. The van der Waals surface area contributed by atoms with Gasteiger partial charge in [-0.2, -0.15) is 0 Å². The first kappa shape index (κ1) is 14.8. The van der Waals surface area contributed by atoms with Crippen molar-refractivity contribution in [2.24, 2.45) is 11.8 Å². The zero-order valence-corrected chi connectivity index (χ0v) is 13.5. The minimum atomic E-state index is 0.316. The molecule has 1 heterocycles. The predicted molar refractivity (Wildman–Crippen MR) is 83.9 cm³/mol. The highest BCUT2D eigenvalue weighted by atomic mass is 16.5. The predicted octanol–water partition coefficient (Wildman–Crippen LogP) is 4.28. The molecule has 1 N–H and O–H groups in total. The highest BCUT2D eigenvalue weighted by molar-refractivity contribution is 4.93. The average Bonchev–Trinajstić information content (AvgIpc) is 3.00. The SMILES string of the molecule is CC(C)CC(CNC1CC1)CC1CCC2(CCCC2)O1. The standard InChI is InChI=1S/C18H33NO/c1-14(2)11-15(13-19-16-5-6-16)12-17-7-10-18(20-17)8-3-4-9-18/h14-17,19H,3-13H2,1-2H3. The Bertz CT molecular complexity index is 305. The Hall–Kier alpha value is -0.0800. The molecule has 0 aromatic rings. The van der Waals surface area contributed by atoms with E-state index in [0.717, 1.165) is 17.9 Å². The molecule has 0 bridgehead atoms. The normalized spacial score (nSPS) is 30.4. The summed E-state index contributed by atoms with van der Waals surface area (Å²) in [5.41, 5.74) is 0.316. The van der Waals surface area contributed by atoms with Crippen molar-refractivity contribution in [3.05, 3.63) is 0 Å². The number of rotatable bonds is 7. The van der Waals surface area contributed by atoms with Gasteiger partial charge in [0, 0.05) is 6.04 Å². The Morgan fingerprint density at radius 2 is 1.85 bits per heavy atom. The fourth-order valence-electron chi connectivity index (χ4n) is 4.37. The summed E-state index contributed by atoms with van der Waals surface area (Å²) in [6, 6.07) is 0.843. The van der Waals surface area contributed by atoms with Crippen LogP contribution in [-0.2, 0) is 4.74 Å². The zero-order valence-electron chi connectivity index (χ0n) is 13.5. The van der Waals surface area contributed by atoms with Gasteiger partial charge in [0.2, 0.25) is 0 Å². The summed E-state index contributed by atoms with van der Waals surface area (Å²) in [5.74, 6) is 1.62. The van der Waals surface area contributed by atoms with E-state index >= 15 is 0 Å². The molecule has 3 rings (SSSR count). The Kier molecular flexibility index (Phi) is 4.72. The van der Waals surface area contributed by atoms with Crippen molar-refractivity contribution in [1.82, 2.24) is 5.32 Å². The number of hydrogen-bond donors (Lipinski definition) is 1. The van der Waals surface area contributed by atoms with Crippen LogP contribution in [0.3, 0.4) is 0 Å². The Morgan fingerprint density at radius 3 is 2.50 bits per heavy atom. The number of nitrogens with one attached hydrogen (secondary N) is 1. The van der Waals surface area contributed by atoms with Gasteiger partial charge in [-0.1, -0.05) is 26.7 Å². The lowest BCUT2D eigenvalue weighted by atomic mass is 9.90. The van der Waals surface area contributed by atoms with Gasteiger partial charge < -0.3 is 10.1 Å². The van der Waals surface area contributed by atoms with Crippen LogP contribution in [0.2, 0.25) is 0 Å². The summed E-state index contributed by atoms with van der Waals surface area (Å²) >= 11 is 0. The number of hydrogen-bond acceptors (Lipinski definition) is 2. The van der Waals surface area contributed by atoms with E-state index in [-0.39, 0.29) is 0 Å². The van der Waals surface area contributed by atoms with Crippen molar-refractivity contribution in [1.29, 1.82) is 0 Å². The highest BCUT2D eigenvalue weighted by Crippen LogP contribution is 2.44. The van der Waals surface area contributed by atoms with E-state index < -0.39 is 0 Å². The average molecular weight is 279 g/mol. The Labute approximate surface area is 125 Å². The van der Waals surface area contributed by atoms with Crippen molar-refractivity contribution >= 4 is 0 Å². The van der Waals surface area contributed by atoms with Crippen LogP contribution in [-0.4, -0.2) is 24.3 Å². The van der Waals surface area contributed by atoms with Crippen LogP contribution < -0.4 is 5.32 Å². The van der Waals surface area contributed by atoms with Crippen LogP contribution in [0, 0.1) is 11.8 Å². The van der Waals surface area contributed by atoms with Crippen molar-refractivity contribution in [2.75, 3.05) is 6.54 Å². The van der Waals surface area contributed by atoms with Crippen LogP contribution in [0.15, 0.2) is 0 Å². The van der Waals surface area contributed by atoms with Crippen molar-refractivity contribution < 1.29 is 4.74 Å². The second-order valence-electron chi connectivity index (χ2n) is 8.08. The molecule has 116 valence electrons. The van der Waals surface area contributed by atoms with Gasteiger partial charge in [0.1, 0.15) is 0 Å². The fraction of sp³-hybridized carbons (Fsp3) is 1.00. The Balaban J connectivity index is 1.47. The minimum absolute atomic E-state index is 0.316. The maximum absolute atomic E-state index is 6.52. The third kappa shape index (κ3) is 3.98. The molecule has 2 atom stereocenters. The molecule has 0 aromatic heterocycles. The van der Waals surface area contributed by atoms with Crippen molar-refractivity contribution in [3.8, 4) is 0 Å². The molecule has 2 nitrogen and oxygen atoms in total. The van der Waals surface area contributed by atoms with Crippen LogP contribution >= 0.6 is 0 Å². The van der Waals surface area contributed by atoms with E-state index in [1.54, 1.807) is 0 Å². The lowest BCUT2D eigenvalue weighted by Gasteiger charge is -2.27. The minimum Gasteiger partial charge on any atom is -0.372 e. The van der Waals surface area contributed by atoms with E-state index in [9.17, 15) is 0 Å². The molecule has 3 aliphatic rings. The van der Waals surface area contributed by atoms with Gasteiger partial charge >= 0.3 is 0 Å². The summed E-state index contributed by atoms with van der Waals surface area (Å²) in [5, 5.41) is 3.74. The van der Waals surface area contributed by atoms with Crippen LogP contribution in [0.5, 0.6) is 0 Å². The summed E-state index contributed by atoms with van der Waals surface area (Å²) in [6.07, 6.45) is 14.1. The monoisotopic (exact) mass is 279 g/mol. The van der Waals surface area contributed by atoms with Gasteiger partial charge in [0.15, 0.2) is 0 Å². The number of ether oxygens (including phenoxy) is 1. The second kappa shape index (κ2) is 6.36. The van der Waals surface area contributed by atoms with E-state index in [1.807, 2.05) is 0 Å². The maximum atomic E-state index is 6.52. The largest absolute Gasteiger partial charge is 0.372 e. The summed E-state index contributed by atoms with van der Waals surface area (Å²) in [6.45, 7) is 5.94. The first-order valence-corrected chi connectivity index (χ1v) is 9.06. The molecule has 2 aliphatic carbocycles. The lowest BCUT2D eigenvalue weighted by Crippen LogP contribution is -2.30. The molecule has 2 saturated carbocycles. The smallest absolute Gasteiger partial charge is 0.0687 e. The third-order valence-corrected chi connectivity index (χ3v) is 5.53. The molecule has 1 spiro atoms. The fourth-order valence-corrected chi connectivity index (χ4v) is 4.37. The molecular formula is C18H33NO. The quantitative estimate of drug-likeness (QED) is 0.751. The van der Waals surface area contributed by atoms with Gasteiger partial charge in [-0.3, -0.25) is 0 Å². The second-order valence-corrected chi connectivity index (χ2v) is 8.08. The van der Waals surface area contributed by atoms with E-state index in [4.69, 9.17) is 4.74 Å². The van der Waals surface area contributed by atoms with Crippen molar-refractivity contribution in [3.63, 3.8) is 0 Å². The summed E-state index contributed by atoms with van der Waals surface area (Å²) in [7, 11) is 0. The topological polar surface area (TPSA) is 21.3 Å². The zero-order chi connectivity index (χ0) is 14.0. The van der Waals surface area contributed by atoms with Gasteiger partial charge in [-0.15, -0.1) is 0 Å². The molecule has 0 amide bonds. The third-order valence-electron chi connectivity index (χ3n) is 5.53. The molecule has 1 aliphatic heterocycles. The molecule has 3 fully saturated rings. The molecule has 2 heteroatoms. The van der Waals surface area contributed by atoms with Gasteiger partial charge in [0.05, 0.1) is 11.7 Å². The molecule has 0 radical (unpaired) electrons. The molecule has 20 heavy (non-hydrogen) atoms. The molecular weight excluding hydrogens is 246 g/mol. The molecule has 1 saturated heterocycles. The van der Waals surface area contributed by atoms with Crippen LogP contribution in [0.4, 0.5) is 0 Å². The maximum Gasteiger partial charge on any atom is 0.0687 e. The Morgan fingerprint density at radius 1 is 1.10 bits per heavy atom. The van der Waals surface area contributed by atoms with Crippen LogP contribution in [0.1, 0.15) is 78.1 Å². The van der Waals surface area contributed by atoms with Gasteiger partial charge in [0.25, 0.3) is 0 Å². The first-order chi connectivity index (χ1) is 9.65.